The number of carbonyl (C=O) groups excluding carboxylic acids is 2. The summed E-state index contributed by atoms with van der Waals surface area (Å²) < 4.78 is 2.31. The van der Waals surface area contributed by atoms with Crippen molar-refractivity contribution in [2.45, 2.75) is 59.0 Å². The second kappa shape index (κ2) is 6.33. The van der Waals surface area contributed by atoms with Crippen molar-refractivity contribution >= 4 is 11.8 Å². The lowest BCUT2D eigenvalue weighted by Gasteiger charge is -2.14. The zero-order valence-corrected chi connectivity index (χ0v) is 13.3. The van der Waals surface area contributed by atoms with Gasteiger partial charge in [-0.05, 0) is 52.2 Å². The molecule has 1 fully saturated rings. The van der Waals surface area contributed by atoms with Crippen molar-refractivity contribution in [1.82, 2.24) is 15.2 Å². The molecule has 2 amide bonds. The number of amides is 2. The summed E-state index contributed by atoms with van der Waals surface area (Å²) in [6.07, 6.45) is 1.87. The van der Waals surface area contributed by atoms with E-state index in [2.05, 4.69) is 49.0 Å². The number of nitrogens with zero attached hydrogens (tertiary/aromatic N) is 1. The fourth-order valence-corrected chi connectivity index (χ4v) is 3.15. The normalized spacial score (nSPS) is 18.1. The number of hydrogen-bond acceptors (Lipinski definition) is 2. The van der Waals surface area contributed by atoms with Gasteiger partial charge < -0.3 is 15.2 Å². The van der Waals surface area contributed by atoms with E-state index in [1.165, 1.54) is 17.0 Å². The number of nitrogens with one attached hydrogen (secondary N) is 2. The summed E-state index contributed by atoms with van der Waals surface area (Å²) in [4.78, 5) is 23.0. The number of hydrogen-bond donors (Lipinski definition) is 2. The summed E-state index contributed by atoms with van der Waals surface area (Å²) in [6.45, 7) is 9.20. The fraction of sp³-hybridized carbons (Fsp3) is 0.625. The first kappa shape index (κ1) is 15.6. The molecule has 0 aromatic carbocycles. The number of aryl methyl sites for hydroxylation is 1. The molecule has 5 heteroatoms. The van der Waals surface area contributed by atoms with Crippen LogP contribution in [0.3, 0.4) is 0 Å². The summed E-state index contributed by atoms with van der Waals surface area (Å²) in [5.41, 5.74) is 3.80. The molecule has 0 saturated carbocycles. The standard InChI is InChI=1S/C16H25N3O2/c1-10(2)19-11(3)9-13(12(19)4)7-8-17-16(21)14-5-6-15(20)18-14/h9-10,14H,5-8H2,1-4H3,(H,17,21)(H,18,20). The van der Waals surface area contributed by atoms with Crippen molar-refractivity contribution in [3.8, 4) is 0 Å². The van der Waals surface area contributed by atoms with Gasteiger partial charge >= 0.3 is 0 Å². The van der Waals surface area contributed by atoms with Gasteiger partial charge in [0.25, 0.3) is 0 Å². The molecule has 116 valence electrons. The highest BCUT2D eigenvalue weighted by Crippen LogP contribution is 2.20. The molecule has 2 N–H and O–H groups in total. The zero-order chi connectivity index (χ0) is 15.6. The highest BCUT2D eigenvalue weighted by atomic mass is 16.2. The Morgan fingerprint density at radius 1 is 1.48 bits per heavy atom. The quantitative estimate of drug-likeness (QED) is 0.866. The number of aromatic nitrogens is 1. The zero-order valence-electron chi connectivity index (χ0n) is 13.3. The van der Waals surface area contributed by atoms with Gasteiger partial charge in [-0.3, -0.25) is 9.59 Å². The van der Waals surface area contributed by atoms with Crippen molar-refractivity contribution in [3.63, 3.8) is 0 Å². The Labute approximate surface area is 126 Å². The minimum atomic E-state index is -0.347. The second-order valence-corrected chi connectivity index (χ2v) is 6.06. The summed E-state index contributed by atoms with van der Waals surface area (Å²) >= 11 is 0. The van der Waals surface area contributed by atoms with Crippen LogP contribution in [0, 0.1) is 13.8 Å². The molecular weight excluding hydrogens is 266 g/mol. The smallest absolute Gasteiger partial charge is 0.242 e. The molecule has 1 atom stereocenters. The van der Waals surface area contributed by atoms with Crippen molar-refractivity contribution in [3.05, 3.63) is 23.0 Å². The molecule has 5 nitrogen and oxygen atoms in total. The Morgan fingerprint density at radius 3 is 2.71 bits per heavy atom. The van der Waals surface area contributed by atoms with Crippen LogP contribution < -0.4 is 10.6 Å². The second-order valence-electron chi connectivity index (χ2n) is 6.06. The van der Waals surface area contributed by atoms with E-state index in [0.717, 1.165) is 6.42 Å². The Bertz CT molecular complexity index is 546. The van der Waals surface area contributed by atoms with Crippen LogP contribution in [0.15, 0.2) is 6.07 Å². The van der Waals surface area contributed by atoms with E-state index in [9.17, 15) is 9.59 Å². The molecular formula is C16H25N3O2. The van der Waals surface area contributed by atoms with Gasteiger partial charge in [0.05, 0.1) is 0 Å². The Kier molecular flexibility index (Phi) is 4.70. The number of rotatable bonds is 5. The lowest BCUT2D eigenvalue weighted by molar-refractivity contribution is -0.125. The van der Waals surface area contributed by atoms with Crippen LogP contribution in [-0.2, 0) is 16.0 Å². The molecule has 1 aliphatic heterocycles. The van der Waals surface area contributed by atoms with Crippen LogP contribution in [0.4, 0.5) is 0 Å². The van der Waals surface area contributed by atoms with E-state index in [-0.39, 0.29) is 17.9 Å². The topological polar surface area (TPSA) is 63.1 Å². The molecule has 0 spiro atoms. The lowest BCUT2D eigenvalue weighted by Crippen LogP contribution is -2.42. The van der Waals surface area contributed by atoms with Crippen LogP contribution in [0.5, 0.6) is 0 Å². The molecule has 1 aromatic rings. The van der Waals surface area contributed by atoms with E-state index in [1.807, 2.05) is 0 Å². The molecule has 2 rings (SSSR count). The summed E-state index contributed by atoms with van der Waals surface area (Å²) in [7, 11) is 0. The monoisotopic (exact) mass is 291 g/mol. The lowest BCUT2D eigenvalue weighted by atomic mass is 10.1. The molecule has 0 radical (unpaired) electrons. The highest BCUT2D eigenvalue weighted by Gasteiger charge is 2.26. The predicted molar refractivity (Wildman–Crippen MR) is 82.2 cm³/mol. The third-order valence-corrected chi connectivity index (χ3v) is 4.11. The van der Waals surface area contributed by atoms with Gasteiger partial charge in [0.2, 0.25) is 11.8 Å². The van der Waals surface area contributed by atoms with Gasteiger partial charge in [-0.2, -0.15) is 0 Å². The van der Waals surface area contributed by atoms with Crippen molar-refractivity contribution in [2.24, 2.45) is 0 Å². The highest BCUT2D eigenvalue weighted by molar-refractivity contribution is 5.90. The van der Waals surface area contributed by atoms with Gasteiger partial charge in [-0.25, -0.2) is 0 Å². The third kappa shape index (κ3) is 3.46. The van der Waals surface area contributed by atoms with E-state index >= 15 is 0 Å². The average molecular weight is 291 g/mol. The van der Waals surface area contributed by atoms with Crippen molar-refractivity contribution in [1.29, 1.82) is 0 Å². The maximum atomic E-state index is 11.9. The summed E-state index contributed by atoms with van der Waals surface area (Å²) in [5.74, 6) is -0.103. The maximum absolute atomic E-state index is 11.9. The Hall–Kier alpha value is -1.78. The molecule has 1 unspecified atom stereocenters. The van der Waals surface area contributed by atoms with Crippen LogP contribution >= 0.6 is 0 Å². The van der Waals surface area contributed by atoms with Gasteiger partial charge in [-0.1, -0.05) is 0 Å². The van der Waals surface area contributed by atoms with E-state index in [1.54, 1.807) is 0 Å². The summed E-state index contributed by atoms with van der Waals surface area (Å²) in [5, 5.41) is 5.60. The molecule has 21 heavy (non-hydrogen) atoms. The van der Waals surface area contributed by atoms with E-state index < -0.39 is 0 Å². The largest absolute Gasteiger partial charge is 0.354 e. The van der Waals surface area contributed by atoms with E-state index in [0.29, 0.717) is 25.4 Å². The van der Waals surface area contributed by atoms with Crippen molar-refractivity contribution in [2.75, 3.05) is 6.54 Å². The van der Waals surface area contributed by atoms with Crippen LogP contribution in [-0.4, -0.2) is 29.0 Å². The van der Waals surface area contributed by atoms with Gasteiger partial charge in [0.15, 0.2) is 0 Å². The first-order chi connectivity index (χ1) is 9.90. The molecule has 0 bridgehead atoms. The molecule has 1 aliphatic rings. The molecule has 1 saturated heterocycles. The Balaban J connectivity index is 1.88. The third-order valence-electron chi connectivity index (χ3n) is 4.11. The van der Waals surface area contributed by atoms with E-state index in [4.69, 9.17) is 0 Å². The fourth-order valence-electron chi connectivity index (χ4n) is 3.15. The van der Waals surface area contributed by atoms with Gasteiger partial charge in [0.1, 0.15) is 6.04 Å². The van der Waals surface area contributed by atoms with Crippen LogP contribution in [0.1, 0.15) is 49.7 Å². The minimum absolute atomic E-state index is 0.0318. The summed E-state index contributed by atoms with van der Waals surface area (Å²) in [6, 6.07) is 2.29. The molecule has 0 aliphatic carbocycles. The van der Waals surface area contributed by atoms with Crippen LogP contribution in [0.25, 0.3) is 0 Å². The Morgan fingerprint density at radius 2 is 2.19 bits per heavy atom. The predicted octanol–water partition coefficient (Wildman–Crippen LogP) is 1.62. The minimum Gasteiger partial charge on any atom is -0.354 e. The first-order valence-electron chi connectivity index (χ1n) is 7.64. The molecule has 2 heterocycles. The van der Waals surface area contributed by atoms with Gasteiger partial charge in [0, 0.05) is 30.4 Å². The average Bonchev–Trinajstić information content (AvgIpc) is 2.94. The maximum Gasteiger partial charge on any atom is 0.242 e. The van der Waals surface area contributed by atoms with Crippen molar-refractivity contribution < 1.29 is 9.59 Å². The van der Waals surface area contributed by atoms with Gasteiger partial charge in [-0.15, -0.1) is 0 Å². The SMILES string of the molecule is Cc1cc(CCNC(=O)C2CCC(=O)N2)c(C)n1C(C)C. The number of carbonyl (C=O) groups is 2. The van der Waals surface area contributed by atoms with Crippen LogP contribution in [0.2, 0.25) is 0 Å². The molecule has 1 aromatic heterocycles. The first-order valence-corrected chi connectivity index (χ1v) is 7.64.